The number of nitrogens with zero attached hydrogens (tertiary/aromatic N) is 2. The minimum atomic E-state index is 0.588. The molecule has 0 amide bonds. The Morgan fingerprint density at radius 2 is 2.24 bits per heavy atom. The van der Waals surface area contributed by atoms with Gasteiger partial charge in [-0.05, 0) is 37.2 Å². The highest BCUT2D eigenvalue weighted by molar-refractivity contribution is 7.71. The van der Waals surface area contributed by atoms with Crippen LogP contribution in [0.3, 0.4) is 0 Å². The van der Waals surface area contributed by atoms with Crippen LogP contribution in [-0.2, 0) is 6.42 Å². The lowest BCUT2D eigenvalue weighted by atomic mass is 10.2. The predicted molar refractivity (Wildman–Crippen MR) is 72.5 cm³/mol. The molecule has 0 unspecified atom stereocenters. The van der Waals surface area contributed by atoms with Gasteiger partial charge in [-0.2, -0.15) is 5.10 Å². The smallest absolute Gasteiger partial charge is 0.199 e. The molecule has 0 radical (unpaired) electrons. The highest BCUT2D eigenvalue weighted by Crippen LogP contribution is 2.25. The van der Waals surface area contributed by atoms with Gasteiger partial charge < -0.3 is 0 Å². The van der Waals surface area contributed by atoms with Gasteiger partial charge in [0.2, 0.25) is 0 Å². The number of para-hydroxylation sites is 1. The van der Waals surface area contributed by atoms with Gasteiger partial charge in [-0.15, -0.1) is 0 Å². The van der Waals surface area contributed by atoms with E-state index in [1.54, 1.807) is 0 Å². The van der Waals surface area contributed by atoms with Gasteiger partial charge in [0.15, 0.2) is 4.77 Å². The molecule has 1 N–H and O–H groups in total. The van der Waals surface area contributed by atoms with Crippen molar-refractivity contribution in [1.82, 2.24) is 14.8 Å². The zero-order valence-electron chi connectivity index (χ0n) is 9.83. The number of hydrogen-bond acceptors (Lipinski definition) is 2. The van der Waals surface area contributed by atoms with E-state index in [0.29, 0.717) is 9.79 Å². The standard InChI is InChI=1S/C12H14ClN3S/c1-3-5-10-14-15-12(17)16(10)11-8(2)6-4-7-9(11)13/h4,6-7H,3,5H2,1-2H3,(H,15,17). The molecule has 0 aliphatic heterocycles. The van der Waals surface area contributed by atoms with Crippen molar-refractivity contribution < 1.29 is 0 Å². The van der Waals surface area contributed by atoms with Crippen LogP contribution in [0, 0.1) is 11.7 Å². The first-order valence-corrected chi connectivity index (χ1v) is 6.35. The zero-order chi connectivity index (χ0) is 12.4. The molecule has 0 saturated carbocycles. The molecule has 0 fully saturated rings. The maximum atomic E-state index is 6.26. The topological polar surface area (TPSA) is 33.6 Å². The maximum absolute atomic E-state index is 6.26. The molecule has 0 atom stereocenters. The third-order valence-electron chi connectivity index (χ3n) is 2.63. The number of benzene rings is 1. The van der Waals surface area contributed by atoms with Crippen LogP contribution in [0.1, 0.15) is 24.7 Å². The molecular formula is C12H14ClN3S. The molecule has 0 saturated heterocycles. The number of aromatic amines is 1. The number of hydrogen-bond donors (Lipinski definition) is 1. The van der Waals surface area contributed by atoms with E-state index in [1.165, 1.54) is 0 Å². The first-order valence-electron chi connectivity index (χ1n) is 5.57. The molecule has 2 rings (SSSR count). The van der Waals surface area contributed by atoms with E-state index in [4.69, 9.17) is 23.8 Å². The fourth-order valence-corrected chi connectivity index (χ4v) is 2.41. The maximum Gasteiger partial charge on any atom is 0.199 e. The lowest BCUT2D eigenvalue weighted by Crippen LogP contribution is -2.04. The molecule has 5 heteroatoms. The Hall–Kier alpha value is -1.13. The highest BCUT2D eigenvalue weighted by atomic mass is 35.5. The molecule has 0 aliphatic rings. The molecule has 2 aromatic rings. The second-order valence-electron chi connectivity index (χ2n) is 3.94. The average molecular weight is 268 g/mol. The minimum absolute atomic E-state index is 0.588. The summed E-state index contributed by atoms with van der Waals surface area (Å²) in [6, 6.07) is 5.82. The third kappa shape index (κ3) is 2.28. The largest absolute Gasteiger partial charge is 0.270 e. The molecule has 3 nitrogen and oxygen atoms in total. The summed E-state index contributed by atoms with van der Waals surface area (Å²) in [6.07, 6.45) is 1.89. The van der Waals surface area contributed by atoms with E-state index >= 15 is 0 Å². The molecule has 0 aliphatic carbocycles. The van der Waals surface area contributed by atoms with Crippen molar-refractivity contribution in [1.29, 1.82) is 0 Å². The lowest BCUT2D eigenvalue weighted by Gasteiger charge is -2.11. The summed E-state index contributed by atoms with van der Waals surface area (Å²) in [5.74, 6) is 0.925. The van der Waals surface area contributed by atoms with Crippen molar-refractivity contribution in [2.45, 2.75) is 26.7 Å². The first-order chi connectivity index (χ1) is 8.15. The SMILES string of the molecule is CCCc1n[nH]c(=S)n1-c1c(C)cccc1Cl. The van der Waals surface area contributed by atoms with Crippen molar-refractivity contribution in [3.63, 3.8) is 0 Å². The quantitative estimate of drug-likeness (QED) is 0.857. The van der Waals surface area contributed by atoms with E-state index in [2.05, 4.69) is 17.1 Å². The molecule has 1 aromatic heterocycles. The molecule has 17 heavy (non-hydrogen) atoms. The number of halogens is 1. The Kier molecular flexibility index (Phi) is 3.64. The molecular weight excluding hydrogens is 254 g/mol. The van der Waals surface area contributed by atoms with E-state index < -0.39 is 0 Å². The normalized spacial score (nSPS) is 10.8. The van der Waals surface area contributed by atoms with Gasteiger partial charge in [-0.25, -0.2) is 0 Å². The number of nitrogens with one attached hydrogen (secondary N) is 1. The van der Waals surface area contributed by atoms with Crippen molar-refractivity contribution in [2.75, 3.05) is 0 Å². The van der Waals surface area contributed by atoms with Crippen LogP contribution in [0.25, 0.3) is 5.69 Å². The zero-order valence-corrected chi connectivity index (χ0v) is 11.4. The third-order valence-corrected chi connectivity index (χ3v) is 3.21. The lowest BCUT2D eigenvalue weighted by molar-refractivity contribution is 0.799. The Bertz CT molecular complexity index is 565. The van der Waals surface area contributed by atoms with E-state index in [1.807, 2.05) is 29.7 Å². The molecule has 0 bridgehead atoms. The van der Waals surface area contributed by atoms with Crippen LogP contribution < -0.4 is 0 Å². The predicted octanol–water partition coefficient (Wildman–Crippen LogP) is 3.84. The molecule has 1 heterocycles. The monoisotopic (exact) mass is 267 g/mol. The van der Waals surface area contributed by atoms with Crippen molar-refractivity contribution in [3.8, 4) is 5.69 Å². The number of aromatic nitrogens is 3. The van der Waals surface area contributed by atoms with Gasteiger partial charge in [-0.3, -0.25) is 9.67 Å². The Morgan fingerprint density at radius 1 is 1.47 bits per heavy atom. The molecule has 0 spiro atoms. The fraction of sp³-hybridized carbons (Fsp3) is 0.333. The summed E-state index contributed by atoms with van der Waals surface area (Å²) in [7, 11) is 0. The van der Waals surface area contributed by atoms with E-state index in [9.17, 15) is 0 Å². The van der Waals surface area contributed by atoms with Crippen LogP contribution in [0.5, 0.6) is 0 Å². The Labute approximate surface area is 110 Å². The number of aryl methyl sites for hydroxylation is 2. The summed E-state index contributed by atoms with van der Waals surface area (Å²) >= 11 is 11.5. The Morgan fingerprint density at radius 3 is 2.88 bits per heavy atom. The van der Waals surface area contributed by atoms with Gasteiger partial charge in [0.05, 0.1) is 10.7 Å². The molecule has 1 aromatic carbocycles. The molecule has 90 valence electrons. The van der Waals surface area contributed by atoms with E-state index in [0.717, 1.165) is 29.9 Å². The van der Waals surface area contributed by atoms with Crippen LogP contribution in [-0.4, -0.2) is 14.8 Å². The summed E-state index contributed by atoms with van der Waals surface area (Å²) in [5.41, 5.74) is 2.02. The number of H-pyrrole nitrogens is 1. The van der Waals surface area contributed by atoms with Gasteiger partial charge in [-0.1, -0.05) is 30.7 Å². The van der Waals surface area contributed by atoms with Crippen LogP contribution in [0.2, 0.25) is 5.02 Å². The van der Waals surface area contributed by atoms with Gasteiger partial charge in [0, 0.05) is 6.42 Å². The van der Waals surface area contributed by atoms with Crippen molar-refractivity contribution >= 4 is 23.8 Å². The fourth-order valence-electron chi connectivity index (χ4n) is 1.86. The second kappa shape index (κ2) is 5.02. The Balaban J connectivity index is 2.68. The minimum Gasteiger partial charge on any atom is -0.270 e. The van der Waals surface area contributed by atoms with E-state index in [-0.39, 0.29) is 0 Å². The van der Waals surface area contributed by atoms with Crippen LogP contribution >= 0.6 is 23.8 Å². The average Bonchev–Trinajstić information content (AvgIpc) is 2.62. The van der Waals surface area contributed by atoms with Gasteiger partial charge in [0.25, 0.3) is 0 Å². The van der Waals surface area contributed by atoms with Crippen molar-refractivity contribution in [3.05, 3.63) is 39.4 Å². The first kappa shape index (κ1) is 12.3. The summed E-state index contributed by atoms with van der Waals surface area (Å²) in [5, 5.41) is 7.78. The summed E-state index contributed by atoms with van der Waals surface area (Å²) in [6.45, 7) is 4.13. The van der Waals surface area contributed by atoms with Crippen LogP contribution in [0.15, 0.2) is 18.2 Å². The van der Waals surface area contributed by atoms with Crippen LogP contribution in [0.4, 0.5) is 0 Å². The van der Waals surface area contributed by atoms with Crippen molar-refractivity contribution in [2.24, 2.45) is 0 Å². The second-order valence-corrected chi connectivity index (χ2v) is 4.73. The highest BCUT2D eigenvalue weighted by Gasteiger charge is 2.12. The van der Waals surface area contributed by atoms with Gasteiger partial charge >= 0.3 is 0 Å². The number of rotatable bonds is 3. The summed E-state index contributed by atoms with van der Waals surface area (Å²) < 4.78 is 2.51. The summed E-state index contributed by atoms with van der Waals surface area (Å²) in [4.78, 5) is 0. The van der Waals surface area contributed by atoms with Gasteiger partial charge in [0.1, 0.15) is 5.82 Å².